The van der Waals surface area contributed by atoms with Crippen molar-refractivity contribution in [3.05, 3.63) is 97.1 Å². The molecule has 1 aliphatic heterocycles. The Morgan fingerprint density at radius 2 is 1.81 bits per heavy atom. The highest BCUT2D eigenvalue weighted by molar-refractivity contribution is 5.95. The molecule has 1 aromatic carbocycles. The lowest BCUT2D eigenvalue weighted by Gasteiger charge is -2.21. The van der Waals surface area contributed by atoms with Crippen molar-refractivity contribution in [2.75, 3.05) is 13.1 Å². The fourth-order valence-corrected chi connectivity index (χ4v) is 4.09. The van der Waals surface area contributed by atoms with E-state index in [-0.39, 0.29) is 22.6 Å². The number of nitrogens with one attached hydrogen (secondary N) is 1. The Kier molecular flexibility index (Phi) is 5.84. The normalized spacial score (nSPS) is 13.5. The van der Waals surface area contributed by atoms with Gasteiger partial charge in [0.05, 0.1) is 5.69 Å². The van der Waals surface area contributed by atoms with Crippen molar-refractivity contribution in [3.8, 4) is 0 Å². The maximum absolute atomic E-state index is 13.3. The summed E-state index contributed by atoms with van der Waals surface area (Å²) in [6, 6.07) is 11.8. The molecule has 0 fully saturated rings. The molecule has 0 spiro atoms. The summed E-state index contributed by atoms with van der Waals surface area (Å²) >= 11 is 0. The number of carbonyl (C=O) groups excluding carboxylic acids is 1. The number of hydrogen-bond acceptors (Lipinski definition) is 4. The SMILES string of the molecule is Cc1nc2c(c(=O)[nH]1)CCN(C(=O)c1c(C)ccn(CCc3ccccc3)c1=O)CC2. The molecule has 0 atom stereocenters. The molecule has 31 heavy (non-hydrogen) atoms. The van der Waals surface area contributed by atoms with Gasteiger partial charge < -0.3 is 14.5 Å². The minimum absolute atomic E-state index is 0.143. The summed E-state index contributed by atoms with van der Waals surface area (Å²) in [6.07, 6.45) is 3.39. The Bertz CT molecular complexity index is 1230. The molecule has 3 aromatic rings. The van der Waals surface area contributed by atoms with E-state index in [1.54, 1.807) is 29.5 Å². The average molecular weight is 418 g/mol. The third-order valence-corrected chi connectivity index (χ3v) is 5.83. The van der Waals surface area contributed by atoms with Crippen LogP contribution >= 0.6 is 0 Å². The van der Waals surface area contributed by atoms with Crippen LogP contribution in [0.25, 0.3) is 0 Å². The van der Waals surface area contributed by atoms with E-state index in [0.717, 1.165) is 11.3 Å². The second kappa shape index (κ2) is 8.71. The van der Waals surface area contributed by atoms with Crippen LogP contribution in [0.5, 0.6) is 0 Å². The van der Waals surface area contributed by atoms with Gasteiger partial charge in [0.1, 0.15) is 11.4 Å². The van der Waals surface area contributed by atoms with Crippen molar-refractivity contribution in [2.45, 2.75) is 39.7 Å². The van der Waals surface area contributed by atoms with Crippen molar-refractivity contribution in [2.24, 2.45) is 0 Å². The van der Waals surface area contributed by atoms with E-state index in [1.165, 1.54) is 0 Å². The van der Waals surface area contributed by atoms with Gasteiger partial charge in [-0.3, -0.25) is 14.4 Å². The second-order valence-electron chi connectivity index (χ2n) is 7.98. The molecule has 0 aliphatic carbocycles. The number of aromatic amines is 1. The topological polar surface area (TPSA) is 88.1 Å². The first kappa shape index (κ1) is 20.8. The quantitative estimate of drug-likeness (QED) is 0.702. The number of carbonyl (C=O) groups is 1. The monoisotopic (exact) mass is 418 g/mol. The summed E-state index contributed by atoms with van der Waals surface area (Å²) in [5, 5.41) is 0. The van der Waals surface area contributed by atoms with E-state index in [2.05, 4.69) is 9.97 Å². The molecule has 2 aromatic heterocycles. The van der Waals surface area contributed by atoms with Gasteiger partial charge >= 0.3 is 0 Å². The Morgan fingerprint density at radius 3 is 2.58 bits per heavy atom. The standard InChI is InChI=1S/C24H26N4O3/c1-16-8-12-27(13-9-18-6-4-3-5-7-18)23(30)21(16)24(31)28-14-10-19-20(11-15-28)25-17(2)26-22(19)29/h3-8,12H,9-11,13-15H2,1-2H3,(H,25,26,29). The Hall–Kier alpha value is -3.48. The summed E-state index contributed by atoms with van der Waals surface area (Å²) in [6.45, 7) is 4.86. The summed E-state index contributed by atoms with van der Waals surface area (Å²) in [5.74, 6) is 0.293. The van der Waals surface area contributed by atoms with Gasteiger partial charge in [0.25, 0.3) is 17.0 Å². The van der Waals surface area contributed by atoms with E-state index < -0.39 is 0 Å². The van der Waals surface area contributed by atoms with Crippen LogP contribution < -0.4 is 11.1 Å². The third-order valence-electron chi connectivity index (χ3n) is 5.83. The lowest BCUT2D eigenvalue weighted by Crippen LogP contribution is -2.39. The highest BCUT2D eigenvalue weighted by Crippen LogP contribution is 2.14. The lowest BCUT2D eigenvalue weighted by atomic mass is 10.1. The largest absolute Gasteiger partial charge is 0.338 e. The Balaban J connectivity index is 1.56. The molecule has 4 rings (SSSR count). The summed E-state index contributed by atoms with van der Waals surface area (Å²) < 4.78 is 1.61. The number of amides is 1. The summed E-state index contributed by atoms with van der Waals surface area (Å²) in [7, 11) is 0. The fraction of sp³-hybridized carbons (Fsp3) is 0.333. The molecule has 0 saturated carbocycles. The fourth-order valence-electron chi connectivity index (χ4n) is 4.09. The van der Waals surface area contributed by atoms with E-state index in [4.69, 9.17) is 0 Å². The highest BCUT2D eigenvalue weighted by Gasteiger charge is 2.25. The van der Waals surface area contributed by atoms with Crippen LogP contribution in [0.2, 0.25) is 0 Å². The number of hydrogen-bond donors (Lipinski definition) is 1. The smallest absolute Gasteiger partial charge is 0.263 e. The maximum atomic E-state index is 13.3. The molecule has 3 heterocycles. The van der Waals surface area contributed by atoms with E-state index in [1.807, 2.05) is 36.4 Å². The van der Waals surface area contributed by atoms with Gasteiger partial charge in [0.2, 0.25) is 0 Å². The molecule has 0 bridgehead atoms. The van der Waals surface area contributed by atoms with Gasteiger partial charge in [0, 0.05) is 37.8 Å². The zero-order chi connectivity index (χ0) is 22.0. The number of rotatable bonds is 4. The Labute approximate surface area is 180 Å². The summed E-state index contributed by atoms with van der Waals surface area (Å²) in [5.41, 5.74) is 2.97. The molecule has 160 valence electrons. The van der Waals surface area contributed by atoms with Gasteiger partial charge in [-0.2, -0.15) is 0 Å². The number of aryl methyl sites for hydroxylation is 4. The molecule has 1 amide bonds. The first-order valence-electron chi connectivity index (χ1n) is 10.6. The van der Waals surface area contributed by atoms with E-state index in [9.17, 15) is 14.4 Å². The van der Waals surface area contributed by atoms with Crippen LogP contribution in [0.3, 0.4) is 0 Å². The number of pyridine rings is 1. The lowest BCUT2D eigenvalue weighted by molar-refractivity contribution is 0.0759. The maximum Gasteiger partial charge on any atom is 0.263 e. The molecular weight excluding hydrogens is 392 g/mol. The van der Waals surface area contributed by atoms with Crippen molar-refractivity contribution in [1.29, 1.82) is 0 Å². The number of aromatic nitrogens is 3. The third kappa shape index (κ3) is 4.35. The first-order valence-corrected chi connectivity index (χ1v) is 10.6. The summed E-state index contributed by atoms with van der Waals surface area (Å²) in [4.78, 5) is 47.6. The molecule has 0 saturated heterocycles. The van der Waals surface area contributed by atoms with Gasteiger partial charge in [0.15, 0.2) is 0 Å². The van der Waals surface area contributed by atoms with Crippen molar-refractivity contribution in [1.82, 2.24) is 19.4 Å². The van der Waals surface area contributed by atoms with Crippen molar-refractivity contribution >= 4 is 5.91 Å². The number of fused-ring (bicyclic) bond motifs is 1. The molecular formula is C24H26N4O3. The molecule has 1 N–H and O–H groups in total. The van der Waals surface area contributed by atoms with E-state index in [0.29, 0.717) is 55.8 Å². The van der Waals surface area contributed by atoms with Crippen LogP contribution in [0.1, 0.15) is 38.6 Å². The van der Waals surface area contributed by atoms with E-state index >= 15 is 0 Å². The molecule has 0 unspecified atom stereocenters. The highest BCUT2D eigenvalue weighted by atomic mass is 16.2. The van der Waals surface area contributed by atoms with Crippen molar-refractivity contribution in [3.63, 3.8) is 0 Å². The van der Waals surface area contributed by atoms with Gasteiger partial charge in [-0.25, -0.2) is 4.98 Å². The van der Waals surface area contributed by atoms with Crippen LogP contribution in [0, 0.1) is 13.8 Å². The second-order valence-corrected chi connectivity index (χ2v) is 7.98. The minimum atomic E-state index is -0.280. The molecule has 7 nitrogen and oxygen atoms in total. The van der Waals surface area contributed by atoms with Crippen LogP contribution in [-0.2, 0) is 25.8 Å². The molecule has 1 aliphatic rings. The number of benzene rings is 1. The zero-order valence-corrected chi connectivity index (χ0v) is 17.9. The first-order chi connectivity index (χ1) is 14.9. The van der Waals surface area contributed by atoms with Crippen molar-refractivity contribution < 1.29 is 4.79 Å². The Morgan fingerprint density at radius 1 is 1.06 bits per heavy atom. The number of nitrogens with zero attached hydrogens (tertiary/aromatic N) is 3. The average Bonchev–Trinajstić information content (AvgIpc) is 2.97. The van der Waals surface area contributed by atoms with Gasteiger partial charge in [-0.1, -0.05) is 30.3 Å². The molecule has 7 heteroatoms. The minimum Gasteiger partial charge on any atom is -0.338 e. The van der Waals surface area contributed by atoms with Crippen LogP contribution in [0.4, 0.5) is 0 Å². The van der Waals surface area contributed by atoms with Gasteiger partial charge in [-0.05, 0) is 43.9 Å². The predicted molar refractivity (Wildman–Crippen MR) is 118 cm³/mol. The predicted octanol–water partition coefficient (Wildman–Crippen LogP) is 2.03. The van der Waals surface area contributed by atoms with Crippen LogP contribution in [0.15, 0.2) is 52.2 Å². The molecule has 0 radical (unpaired) electrons. The van der Waals surface area contributed by atoms with Gasteiger partial charge in [-0.15, -0.1) is 0 Å². The number of H-pyrrole nitrogens is 1. The zero-order valence-electron chi connectivity index (χ0n) is 17.9. The van der Waals surface area contributed by atoms with Crippen LogP contribution in [-0.4, -0.2) is 38.4 Å².